The number of Topliss-reactive ketones (excluding diaryl/α,β-unsaturated/α-hetero) is 1. The second-order valence-corrected chi connectivity index (χ2v) is 7.42. The topological polar surface area (TPSA) is 88.3 Å². The predicted molar refractivity (Wildman–Crippen MR) is 111 cm³/mol. The lowest BCUT2D eigenvalue weighted by atomic mass is 10.2. The molecule has 0 bridgehead atoms. The smallest absolute Gasteiger partial charge is 0.355 e. The van der Waals surface area contributed by atoms with E-state index in [-0.39, 0.29) is 11.5 Å². The average Bonchev–Trinajstić information content (AvgIpc) is 3.21. The maximum absolute atomic E-state index is 12.5. The maximum atomic E-state index is 12.5. The number of ketones is 1. The summed E-state index contributed by atoms with van der Waals surface area (Å²) in [4.78, 5) is 40.7. The molecule has 0 saturated heterocycles. The lowest BCUT2D eigenvalue weighted by Gasteiger charge is -2.15. The van der Waals surface area contributed by atoms with Crippen molar-refractivity contribution in [2.75, 3.05) is 5.32 Å². The molecule has 0 unspecified atom stereocenters. The molecule has 29 heavy (non-hydrogen) atoms. The third-order valence-electron chi connectivity index (χ3n) is 4.08. The number of aromatic nitrogens is 1. The van der Waals surface area contributed by atoms with Gasteiger partial charge >= 0.3 is 5.97 Å². The van der Waals surface area contributed by atoms with Crippen molar-refractivity contribution in [3.63, 3.8) is 0 Å². The van der Waals surface area contributed by atoms with Crippen LogP contribution in [0.1, 0.15) is 34.7 Å². The summed E-state index contributed by atoms with van der Waals surface area (Å²) in [6, 6.07) is 18.6. The van der Waals surface area contributed by atoms with Crippen LogP contribution in [0.5, 0.6) is 0 Å². The Morgan fingerprint density at radius 1 is 1.03 bits per heavy atom. The van der Waals surface area contributed by atoms with E-state index >= 15 is 0 Å². The third kappa shape index (κ3) is 5.36. The van der Waals surface area contributed by atoms with Gasteiger partial charge in [-0.05, 0) is 44.2 Å². The standard InChI is InChI=1S/C22H20N2O4S/c1-14(25)16-12-19(23-13-16)22(27)28-15(2)21(26)24-18-10-6-7-11-20(18)29-17-8-4-3-5-9-17/h3-13,15,23H,1-2H3,(H,24,26)/t15-/m1/s1. The summed E-state index contributed by atoms with van der Waals surface area (Å²) < 4.78 is 5.22. The largest absolute Gasteiger partial charge is 0.448 e. The Morgan fingerprint density at radius 2 is 1.72 bits per heavy atom. The number of hydrogen-bond acceptors (Lipinski definition) is 5. The minimum atomic E-state index is -1.01. The number of carbonyl (C=O) groups is 3. The number of esters is 1. The fraction of sp³-hybridized carbons (Fsp3) is 0.136. The summed E-state index contributed by atoms with van der Waals surface area (Å²) in [6.07, 6.45) is 0.419. The van der Waals surface area contributed by atoms with Crippen LogP contribution >= 0.6 is 11.8 Å². The van der Waals surface area contributed by atoms with Crippen LogP contribution in [0.25, 0.3) is 0 Å². The molecular weight excluding hydrogens is 388 g/mol. The monoisotopic (exact) mass is 408 g/mol. The second kappa shape index (κ2) is 9.25. The van der Waals surface area contributed by atoms with Gasteiger partial charge in [-0.1, -0.05) is 42.1 Å². The van der Waals surface area contributed by atoms with Crippen LogP contribution < -0.4 is 5.32 Å². The molecule has 3 aromatic rings. The normalized spacial score (nSPS) is 11.5. The Bertz CT molecular complexity index is 1030. The van der Waals surface area contributed by atoms with Gasteiger partial charge < -0.3 is 15.0 Å². The van der Waals surface area contributed by atoms with E-state index in [0.29, 0.717) is 11.3 Å². The Morgan fingerprint density at radius 3 is 2.41 bits per heavy atom. The molecule has 0 radical (unpaired) electrons. The van der Waals surface area contributed by atoms with E-state index in [1.165, 1.54) is 37.9 Å². The molecule has 148 valence electrons. The zero-order valence-corrected chi connectivity index (χ0v) is 16.8. The maximum Gasteiger partial charge on any atom is 0.355 e. The molecule has 0 aliphatic rings. The number of ether oxygens (including phenoxy) is 1. The Kier molecular flexibility index (Phi) is 6.51. The van der Waals surface area contributed by atoms with Crippen molar-refractivity contribution in [1.82, 2.24) is 4.98 Å². The van der Waals surface area contributed by atoms with Gasteiger partial charge in [0.05, 0.1) is 5.69 Å². The molecule has 1 amide bonds. The number of rotatable bonds is 7. The van der Waals surface area contributed by atoms with E-state index in [0.717, 1.165) is 9.79 Å². The first-order valence-electron chi connectivity index (χ1n) is 8.97. The number of benzene rings is 2. The van der Waals surface area contributed by atoms with Crippen LogP contribution in [0, 0.1) is 0 Å². The van der Waals surface area contributed by atoms with Crippen molar-refractivity contribution in [1.29, 1.82) is 0 Å². The van der Waals surface area contributed by atoms with Gasteiger partial charge in [-0.15, -0.1) is 0 Å². The highest BCUT2D eigenvalue weighted by Crippen LogP contribution is 2.33. The highest BCUT2D eigenvalue weighted by atomic mass is 32.2. The zero-order chi connectivity index (χ0) is 20.8. The first-order valence-corrected chi connectivity index (χ1v) is 9.79. The van der Waals surface area contributed by atoms with Crippen molar-refractivity contribution < 1.29 is 19.1 Å². The summed E-state index contributed by atoms with van der Waals surface area (Å²) in [7, 11) is 0. The van der Waals surface area contributed by atoms with E-state index < -0.39 is 18.0 Å². The quantitative estimate of drug-likeness (QED) is 0.442. The Hall–Kier alpha value is -3.32. The van der Waals surface area contributed by atoms with Crippen LogP contribution in [-0.2, 0) is 9.53 Å². The molecule has 0 saturated carbocycles. The minimum Gasteiger partial charge on any atom is -0.448 e. The molecule has 6 nitrogen and oxygen atoms in total. The molecule has 1 heterocycles. The Balaban J connectivity index is 1.65. The highest BCUT2D eigenvalue weighted by Gasteiger charge is 2.21. The van der Waals surface area contributed by atoms with Crippen LogP contribution in [0.3, 0.4) is 0 Å². The lowest BCUT2D eigenvalue weighted by molar-refractivity contribution is -0.123. The van der Waals surface area contributed by atoms with Crippen molar-refractivity contribution in [3.05, 3.63) is 78.1 Å². The number of amides is 1. The van der Waals surface area contributed by atoms with Crippen LogP contribution in [0.15, 0.2) is 76.7 Å². The van der Waals surface area contributed by atoms with Crippen molar-refractivity contribution in [3.8, 4) is 0 Å². The molecule has 0 fully saturated rings. The molecule has 0 aliphatic carbocycles. The summed E-state index contributed by atoms with van der Waals surface area (Å²) in [5, 5.41) is 2.81. The molecule has 0 spiro atoms. The van der Waals surface area contributed by atoms with Gasteiger partial charge in [0.15, 0.2) is 11.9 Å². The summed E-state index contributed by atoms with van der Waals surface area (Å²) in [5.41, 5.74) is 1.13. The van der Waals surface area contributed by atoms with Gasteiger partial charge in [0.25, 0.3) is 5.91 Å². The predicted octanol–water partition coefficient (Wildman–Crippen LogP) is 4.55. The summed E-state index contributed by atoms with van der Waals surface area (Å²) in [6.45, 7) is 2.90. The third-order valence-corrected chi connectivity index (χ3v) is 5.16. The van der Waals surface area contributed by atoms with E-state index in [1.807, 2.05) is 48.5 Å². The van der Waals surface area contributed by atoms with Gasteiger partial charge in [-0.3, -0.25) is 9.59 Å². The van der Waals surface area contributed by atoms with Gasteiger partial charge in [-0.25, -0.2) is 4.79 Å². The number of aromatic amines is 1. The average molecular weight is 408 g/mol. The molecule has 1 aromatic heterocycles. The Labute approximate surface area is 172 Å². The number of para-hydroxylation sites is 1. The molecular formula is C22H20N2O4S. The van der Waals surface area contributed by atoms with E-state index in [9.17, 15) is 14.4 Å². The number of anilines is 1. The van der Waals surface area contributed by atoms with Gasteiger partial charge in [0.2, 0.25) is 0 Å². The summed E-state index contributed by atoms with van der Waals surface area (Å²) >= 11 is 1.52. The van der Waals surface area contributed by atoms with Gasteiger partial charge in [-0.2, -0.15) is 0 Å². The zero-order valence-electron chi connectivity index (χ0n) is 16.0. The van der Waals surface area contributed by atoms with Crippen molar-refractivity contribution in [2.45, 2.75) is 29.7 Å². The van der Waals surface area contributed by atoms with Crippen molar-refractivity contribution in [2.24, 2.45) is 0 Å². The second-order valence-electron chi connectivity index (χ2n) is 6.31. The van der Waals surface area contributed by atoms with Gasteiger partial charge in [0, 0.05) is 21.6 Å². The SMILES string of the molecule is CC(=O)c1c[nH]c(C(=O)O[C@H](C)C(=O)Nc2ccccc2Sc2ccccc2)c1. The van der Waals surface area contributed by atoms with Gasteiger partial charge in [0.1, 0.15) is 5.69 Å². The number of carbonyl (C=O) groups excluding carboxylic acids is 3. The minimum absolute atomic E-state index is 0.120. The molecule has 2 aromatic carbocycles. The molecule has 1 atom stereocenters. The molecule has 2 N–H and O–H groups in total. The van der Waals surface area contributed by atoms with E-state index in [2.05, 4.69) is 10.3 Å². The fourth-order valence-electron chi connectivity index (χ4n) is 2.50. The lowest BCUT2D eigenvalue weighted by Crippen LogP contribution is -2.30. The van der Waals surface area contributed by atoms with Crippen LogP contribution in [-0.4, -0.2) is 28.7 Å². The van der Waals surface area contributed by atoms with E-state index in [1.54, 1.807) is 6.07 Å². The van der Waals surface area contributed by atoms with Crippen LogP contribution in [0.4, 0.5) is 5.69 Å². The van der Waals surface area contributed by atoms with E-state index in [4.69, 9.17) is 4.74 Å². The first kappa shape index (κ1) is 20.4. The number of nitrogens with one attached hydrogen (secondary N) is 2. The van der Waals surface area contributed by atoms with Crippen LogP contribution in [0.2, 0.25) is 0 Å². The number of hydrogen-bond donors (Lipinski definition) is 2. The summed E-state index contributed by atoms with van der Waals surface area (Å²) in [5.74, 6) is -1.32. The first-order chi connectivity index (χ1) is 13.9. The highest BCUT2D eigenvalue weighted by molar-refractivity contribution is 7.99. The molecule has 7 heteroatoms. The molecule has 0 aliphatic heterocycles. The molecule has 3 rings (SSSR count). The fourth-order valence-corrected chi connectivity index (χ4v) is 3.42. The number of H-pyrrole nitrogens is 1. The van der Waals surface area contributed by atoms with Crippen molar-refractivity contribution >= 4 is 35.1 Å².